The van der Waals surface area contributed by atoms with Crippen LogP contribution in [0, 0.1) is 35.4 Å². The molecule has 52 heavy (non-hydrogen) atoms. The Labute approximate surface area is 305 Å². The Morgan fingerprint density at radius 2 is 1.63 bits per heavy atom. The lowest BCUT2D eigenvalue weighted by Gasteiger charge is -2.43. The molecule has 3 fully saturated rings. The van der Waals surface area contributed by atoms with Crippen LogP contribution in [0.2, 0.25) is 0 Å². The van der Waals surface area contributed by atoms with Crippen LogP contribution in [-0.4, -0.2) is 53.7 Å². The molecule has 14 heteroatoms. The van der Waals surface area contributed by atoms with Crippen LogP contribution >= 0.6 is 23.1 Å². The average Bonchev–Trinajstić information content (AvgIpc) is 3.87. The molecule has 7 atom stereocenters. The first-order chi connectivity index (χ1) is 25.2. The third-order valence-electron chi connectivity index (χ3n) is 10.5. The smallest absolute Gasteiger partial charge is 0.338 e. The Kier molecular flexibility index (Phi) is 8.90. The van der Waals surface area contributed by atoms with E-state index in [1.165, 1.54) is 29.2 Å². The number of thioether (sulfide) groups is 1. The lowest BCUT2D eigenvalue weighted by atomic mass is 9.68. The van der Waals surface area contributed by atoms with Crippen molar-refractivity contribution >= 4 is 58.2 Å². The molecule has 2 saturated carbocycles. The number of aromatic amines is 1. The molecule has 3 heterocycles. The number of rotatable bonds is 10. The summed E-state index contributed by atoms with van der Waals surface area (Å²) in [6.45, 7) is 3.83. The zero-order valence-electron chi connectivity index (χ0n) is 28.1. The molecule has 1 saturated heterocycles. The van der Waals surface area contributed by atoms with Gasteiger partial charge in [0.05, 0.1) is 41.3 Å². The monoisotopic (exact) mass is 743 g/mol. The third kappa shape index (κ3) is 5.77. The fourth-order valence-electron chi connectivity index (χ4n) is 8.58. The predicted octanol–water partition coefficient (Wildman–Crippen LogP) is 5.85. The van der Waals surface area contributed by atoms with E-state index in [0.717, 1.165) is 33.2 Å². The summed E-state index contributed by atoms with van der Waals surface area (Å²) in [5, 5.41) is 3.45. The Bertz CT molecular complexity index is 2130. The number of benzene rings is 3. The number of ether oxygens (including phenoxy) is 3. The number of carbonyl (C=O) groups is 4. The van der Waals surface area contributed by atoms with Crippen LogP contribution in [0.4, 0.5) is 15.8 Å². The molecular formula is C38H34FN3O8S2. The Hall–Kier alpha value is -4.95. The number of fused-ring (bicyclic) bond motifs is 9. The number of thiazole rings is 1. The van der Waals surface area contributed by atoms with Gasteiger partial charge in [-0.25, -0.2) is 9.18 Å². The van der Waals surface area contributed by atoms with Crippen LogP contribution < -0.4 is 24.6 Å². The van der Waals surface area contributed by atoms with E-state index in [4.69, 9.17) is 14.2 Å². The van der Waals surface area contributed by atoms with E-state index in [0.29, 0.717) is 35.0 Å². The van der Waals surface area contributed by atoms with Gasteiger partial charge in [-0.15, -0.1) is 11.8 Å². The van der Waals surface area contributed by atoms with Crippen molar-refractivity contribution in [3.63, 3.8) is 0 Å². The van der Waals surface area contributed by atoms with Gasteiger partial charge in [-0.05, 0) is 104 Å². The number of aromatic nitrogens is 1. The van der Waals surface area contributed by atoms with Crippen molar-refractivity contribution in [2.75, 3.05) is 30.0 Å². The summed E-state index contributed by atoms with van der Waals surface area (Å²) in [7, 11) is 0. The van der Waals surface area contributed by atoms with E-state index in [1.54, 1.807) is 49.0 Å². The molecule has 3 amide bonds. The normalized spacial score (nSPS) is 25.4. The van der Waals surface area contributed by atoms with Gasteiger partial charge < -0.3 is 24.5 Å². The number of esters is 1. The molecule has 0 unspecified atom stereocenters. The number of amides is 3. The molecule has 11 nitrogen and oxygen atoms in total. The Morgan fingerprint density at radius 1 is 0.904 bits per heavy atom. The summed E-state index contributed by atoms with van der Waals surface area (Å²) >= 11 is 2.76. The van der Waals surface area contributed by atoms with Crippen molar-refractivity contribution in [3.8, 4) is 11.5 Å². The number of hydrogen-bond donors (Lipinski definition) is 2. The number of anilines is 2. The number of nitrogens with one attached hydrogen (secondary N) is 2. The number of halogens is 1. The van der Waals surface area contributed by atoms with Gasteiger partial charge in [-0.3, -0.25) is 24.1 Å². The number of hydrogen-bond acceptors (Lipinski definition) is 10. The summed E-state index contributed by atoms with van der Waals surface area (Å²) in [6.07, 6.45) is 0.725. The molecule has 4 aliphatic rings. The molecule has 2 aliphatic heterocycles. The maximum Gasteiger partial charge on any atom is 0.338 e. The topological polar surface area (TPSA) is 144 Å². The molecule has 3 aromatic carbocycles. The van der Waals surface area contributed by atoms with Gasteiger partial charge in [0, 0.05) is 21.7 Å². The minimum atomic E-state index is -0.502. The molecule has 2 N–H and O–H groups in total. The van der Waals surface area contributed by atoms with Crippen molar-refractivity contribution in [1.29, 1.82) is 0 Å². The zero-order valence-corrected chi connectivity index (χ0v) is 29.8. The zero-order chi connectivity index (χ0) is 36.3. The first kappa shape index (κ1) is 34.2. The van der Waals surface area contributed by atoms with Gasteiger partial charge in [-0.1, -0.05) is 17.4 Å². The molecule has 0 radical (unpaired) electrons. The van der Waals surface area contributed by atoms with Gasteiger partial charge in [0.15, 0.2) is 18.1 Å². The molecule has 268 valence electrons. The third-order valence-corrected chi connectivity index (χ3v) is 13.1. The van der Waals surface area contributed by atoms with Crippen molar-refractivity contribution in [2.45, 2.75) is 36.5 Å². The van der Waals surface area contributed by atoms with E-state index in [-0.39, 0.29) is 58.8 Å². The molecule has 8 rings (SSSR count). The van der Waals surface area contributed by atoms with Crippen LogP contribution in [-0.2, 0) is 19.1 Å². The van der Waals surface area contributed by atoms with E-state index in [2.05, 4.69) is 10.3 Å². The molecule has 2 aliphatic carbocycles. The Balaban J connectivity index is 1.08. The van der Waals surface area contributed by atoms with Gasteiger partial charge in [-0.2, -0.15) is 0 Å². The van der Waals surface area contributed by atoms with Crippen LogP contribution in [0.5, 0.6) is 11.5 Å². The molecule has 0 spiro atoms. The van der Waals surface area contributed by atoms with Crippen LogP contribution in [0.1, 0.15) is 47.0 Å². The first-order valence-corrected chi connectivity index (χ1v) is 18.9. The van der Waals surface area contributed by atoms with E-state index >= 15 is 0 Å². The largest absolute Gasteiger partial charge is 0.490 e. The summed E-state index contributed by atoms with van der Waals surface area (Å²) in [6, 6.07) is 17.3. The van der Waals surface area contributed by atoms with Crippen LogP contribution in [0.15, 0.2) is 76.6 Å². The summed E-state index contributed by atoms with van der Waals surface area (Å²) in [5.74, 6) is -2.43. The lowest BCUT2D eigenvalue weighted by Crippen LogP contribution is -2.42. The first-order valence-electron chi connectivity index (χ1n) is 17.2. The Morgan fingerprint density at radius 3 is 2.35 bits per heavy atom. The molecule has 1 aromatic heterocycles. The lowest BCUT2D eigenvalue weighted by molar-refractivity contribution is -0.123. The van der Waals surface area contributed by atoms with Crippen molar-refractivity contribution in [3.05, 3.63) is 98.2 Å². The summed E-state index contributed by atoms with van der Waals surface area (Å²) in [4.78, 5) is 70.8. The number of carbonyl (C=O) groups excluding carboxylic acids is 4. The highest BCUT2D eigenvalue weighted by molar-refractivity contribution is 8.00. The maximum atomic E-state index is 14.2. The maximum absolute atomic E-state index is 14.2. The summed E-state index contributed by atoms with van der Waals surface area (Å²) in [5.41, 5.74) is 2.08. The number of nitrogens with zero attached hydrogens (tertiary/aromatic N) is 1. The highest BCUT2D eigenvalue weighted by atomic mass is 32.2. The average molecular weight is 744 g/mol. The van der Waals surface area contributed by atoms with Crippen LogP contribution in [0.3, 0.4) is 0 Å². The quantitative estimate of drug-likeness (QED) is 0.151. The standard InChI is InChI=1S/C38H34FN3O8S2/c1-3-48-26-15-19(7-14-25(26)50-17-27(43)40-21-10-8-20(39)9-11-21)28-29-23-16-24(32(29)51-34-33(28)52-38(47)41-34)31-30(23)35(44)42(36(31)45)22-12-5-18(6-13-22)37(46)49-4-2/h5-15,23-24,28-32H,3-4,16-17H2,1-2H3,(H,40,43)(H,41,47)/t23-,24-,28+,29-,30+,31+,32-/m1/s1. The van der Waals surface area contributed by atoms with Crippen molar-refractivity contribution < 1.29 is 37.8 Å². The van der Waals surface area contributed by atoms with Gasteiger partial charge in [0.2, 0.25) is 11.8 Å². The fraction of sp³-hybridized carbons (Fsp3) is 0.342. The van der Waals surface area contributed by atoms with Gasteiger partial charge in [0.1, 0.15) is 5.82 Å². The van der Waals surface area contributed by atoms with E-state index in [1.807, 2.05) is 19.1 Å². The summed E-state index contributed by atoms with van der Waals surface area (Å²) < 4.78 is 30.2. The SMILES string of the molecule is CCOC(=O)c1ccc(N2C(=O)[C@H]3[C@H]4C[C@@H]([C@@H]3C2=O)[C@@H]2[C@H](c3ccc(OCC(=O)Nc5ccc(F)cc5)c(OCC)c3)c3sc(=O)[nH]c3S[C@H]42)cc1. The van der Waals surface area contributed by atoms with Crippen molar-refractivity contribution in [1.82, 2.24) is 4.98 Å². The van der Waals surface area contributed by atoms with E-state index < -0.39 is 29.5 Å². The van der Waals surface area contributed by atoms with Gasteiger partial charge >= 0.3 is 10.8 Å². The molecular weight excluding hydrogens is 710 g/mol. The van der Waals surface area contributed by atoms with Gasteiger partial charge in [0.25, 0.3) is 5.91 Å². The molecule has 2 bridgehead atoms. The number of H-pyrrole nitrogens is 1. The van der Waals surface area contributed by atoms with E-state index in [9.17, 15) is 28.4 Å². The minimum Gasteiger partial charge on any atom is -0.490 e. The fourth-order valence-corrected chi connectivity index (χ4v) is 11.5. The second-order valence-corrected chi connectivity index (χ2v) is 15.4. The predicted molar refractivity (Wildman–Crippen MR) is 192 cm³/mol. The second-order valence-electron chi connectivity index (χ2n) is 13.2. The second kappa shape index (κ2) is 13.6. The van der Waals surface area contributed by atoms with Crippen LogP contribution in [0.25, 0.3) is 0 Å². The molecule has 4 aromatic rings. The minimum absolute atomic E-state index is 0.0153. The highest BCUT2D eigenvalue weighted by Gasteiger charge is 2.69. The van der Waals surface area contributed by atoms with Crippen molar-refractivity contribution in [2.24, 2.45) is 29.6 Å². The highest BCUT2D eigenvalue weighted by Crippen LogP contribution is 2.68. The number of imide groups is 1.